The van der Waals surface area contributed by atoms with E-state index in [-0.39, 0.29) is 17.6 Å². The predicted molar refractivity (Wildman–Crippen MR) is 226 cm³/mol. The van der Waals surface area contributed by atoms with E-state index in [9.17, 15) is 14.4 Å². The van der Waals surface area contributed by atoms with Crippen molar-refractivity contribution in [2.45, 2.75) is 85.9 Å². The Kier molecular flexibility index (Phi) is 12.0. The van der Waals surface area contributed by atoms with Crippen molar-refractivity contribution in [1.29, 1.82) is 0 Å². The van der Waals surface area contributed by atoms with Gasteiger partial charge in [-0.15, -0.1) is 0 Å². The van der Waals surface area contributed by atoms with Crippen LogP contribution in [0.25, 0.3) is 28.2 Å². The highest BCUT2D eigenvalue weighted by atomic mass is 19.1. The molecule has 60 heavy (non-hydrogen) atoms. The van der Waals surface area contributed by atoms with Crippen LogP contribution in [0.2, 0.25) is 0 Å². The molecule has 5 aromatic rings. The number of hydrogen-bond donors (Lipinski definition) is 2. The van der Waals surface area contributed by atoms with Crippen molar-refractivity contribution in [3.05, 3.63) is 77.9 Å². The van der Waals surface area contributed by atoms with E-state index >= 15 is 4.39 Å². The van der Waals surface area contributed by atoms with Crippen LogP contribution in [0.5, 0.6) is 0 Å². The zero-order valence-corrected chi connectivity index (χ0v) is 35.7. The van der Waals surface area contributed by atoms with E-state index in [0.717, 1.165) is 61.5 Å². The quantitative estimate of drug-likeness (QED) is 0.134. The normalized spacial score (nSPS) is 15.5. The Labute approximate surface area is 349 Å². The number of pyridine rings is 1. The average Bonchev–Trinajstić information content (AvgIpc) is 3.78. The van der Waals surface area contributed by atoms with Gasteiger partial charge in [-0.1, -0.05) is 6.92 Å². The van der Waals surface area contributed by atoms with Crippen molar-refractivity contribution in [2.24, 2.45) is 11.8 Å². The van der Waals surface area contributed by atoms with E-state index in [4.69, 9.17) is 9.47 Å². The van der Waals surface area contributed by atoms with Crippen molar-refractivity contribution >= 4 is 35.2 Å². The molecule has 16 heteroatoms. The number of carbonyl (C=O) groups excluding carboxylic acids is 3. The number of nitrogens with zero attached hydrogens (tertiary/aromatic N) is 8. The lowest BCUT2D eigenvalue weighted by Gasteiger charge is -2.43. The number of fused-ring (bicyclic) bond motifs is 1. The highest BCUT2D eigenvalue weighted by molar-refractivity contribution is 5.96. The molecular formula is C44H55FN10O5. The maximum atomic E-state index is 15.7. The van der Waals surface area contributed by atoms with Crippen LogP contribution < -0.4 is 10.6 Å². The Morgan fingerprint density at radius 3 is 2.32 bits per heavy atom. The molecule has 6 heterocycles. The first-order chi connectivity index (χ1) is 28.4. The van der Waals surface area contributed by atoms with Gasteiger partial charge in [0, 0.05) is 67.5 Å². The molecule has 0 aliphatic carbocycles. The summed E-state index contributed by atoms with van der Waals surface area (Å²) in [5.41, 5.74) is 3.60. The molecule has 0 bridgehead atoms. The highest BCUT2D eigenvalue weighted by Crippen LogP contribution is 2.31. The molecule has 2 saturated heterocycles. The predicted octanol–water partition coefficient (Wildman–Crippen LogP) is 7.50. The number of amides is 2. The molecule has 1 aromatic carbocycles. The van der Waals surface area contributed by atoms with Crippen molar-refractivity contribution in [3.63, 3.8) is 0 Å². The molecule has 0 spiro atoms. The van der Waals surface area contributed by atoms with Crippen molar-refractivity contribution in [1.82, 2.24) is 44.2 Å². The Bertz CT molecular complexity index is 2380. The minimum Gasteiger partial charge on any atom is -0.444 e. The van der Waals surface area contributed by atoms with Crippen LogP contribution in [0.4, 0.5) is 25.5 Å². The Hall–Kier alpha value is -5.90. The topological polar surface area (TPSA) is 161 Å². The number of nitrogens with one attached hydrogen (secondary N) is 2. The van der Waals surface area contributed by atoms with Gasteiger partial charge in [-0.05, 0) is 123 Å². The third kappa shape index (κ3) is 9.75. The molecule has 7 rings (SSSR count). The number of imidazole rings is 1. The van der Waals surface area contributed by atoms with Crippen molar-refractivity contribution in [3.8, 4) is 22.5 Å². The SMILES string of the molecule is CCc1cc(Nc2nccn3c(-c4ccc(-c5cn(C(=O)OC(C)(C)C)nc5C)nc4F)cnc23)ccc1C(=O)NCC1CCN(CC2CN(C(=O)OC(C)(C)C)C2)CC1. The van der Waals surface area contributed by atoms with Gasteiger partial charge in [-0.2, -0.15) is 14.2 Å². The summed E-state index contributed by atoms with van der Waals surface area (Å²) in [6, 6.07) is 8.93. The second-order valence-corrected chi connectivity index (χ2v) is 17.8. The highest BCUT2D eigenvalue weighted by Gasteiger charge is 2.35. The van der Waals surface area contributed by atoms with E-state index in [1.54, 1.807) is 67.7 Å². The zero-order valence-electron chi connectivity index (χ0n) is 35.7. The van der Waals surface area contributed by atoms with Crippen LogP contribution in [-0.4, -0.2) is 107 Å². The van der Waals surface area contributed by atoms with Crippen LogP contribution in [0.1, 0.15) is 82.9 Å². The second kappa shape index (κ2) is 17.0. The minimum absolute atomic E-state index is 0.0932. The van der Waals surface area contributed by atoms with E-state index in [1.165, 1.54) is 6.20 Å². The van der Waals surface area contributed by atoms with E-state index in [0.29, 0.717) is 64.5 Å². The molecule has 2 aliphatic heterocycles. The third-order valence-corrected chi connectivity index (χ3v) is 10.7. The number of benzene rings is 1. The fraction of sp³-hybridized carbons (Fsp3) is 0.477. The van der Waals surface area contributed by atoms with E-state index < -0.39 is 23.2 Å². The number of aryl methyl sites for hydroxylation is 2. The minimum atomic E-state index is -0.713. The number of likely N-dealkylation sites (tertiary alicyclic amines) is 2. The summed E-state index contributed by atoms with van der Waals surface area (Å²) in [6.07, 6.45) is 8.17. The zero-order chi connectivity index (χ0) is 42.9. The Balaban J connectivity index is 0.944. The van der Waals surface area contributed by atoms with Gasteiger partial charge in [-0.25, -0.2) is 24.5 Å². The summed E-state index contributed by atoms with van der Waals surface area (Å²) in [5, 5.41) is 10.8. The summed E-state index contributed by atoms with van der Waals surface area (Å²) in [5.74, 6) is 0.528. The first-order valence-corrected chi connectivity index (χ1v) is 20.6. The van der Waals surface area contributed by atoms with Gasteiger partial charge in [0.2, 0.25) is 5.95 Å². The van der Waals surface area contributed by atoms with Gasteiger partial charge < -0.3 is 29.9 Å². The molecule has 2 aliphatic rings. The average molecular weight is 823 g/mol. The maximum Gasteiger partial charge on any atom is 0.435 e. The van der Waals surface area contributed by atoms with Crippen molar-refractivity contribution in [2.75, 3.05) is 44.6 Å². The van der Waals surface area contributed by atoms with Gasteiger partial charge in [-0.3, -0.25) is 9.20 Å². The molecule has 318 valence electrons. The fourth-order valence-corrected chi connectivity index (χ4v) is 7.65. The maximum absolute atomic E-state index is 15.7. The standard InChI is InChI=1S/C44H55FN10O5/c1-9-30-20-31(10-11-32(30)40(56)48-21-28-14-17-52(18-15-28)23-29-24-53(25-29)41(57)59-43(3,4)5)49-38-39-47-22-36(54(39)19-16-46-38)33-12-13-35(50-37(33)45)34-26-55(51-27(34)2)42(58)60-44(6,7)8/h10-13,16,19-20,22,26,28-29H,9,14-15,17-18,21,23-25H2,1-8H3,(H,46,49)(H,48,56). The number of carbonyl (C=O) groups is 3. The van der Waals surface area contributed by atoms with Gasteiger partial charge in [0.15, 0.2) is 11.5 Å². The lowest BCUT2D eigenvalue weighted by molar-refractivity contribution is -0.00807. The lowest BCUT2D eigenvalue weighted by Crippen LogP contribution is -2.55. The molecule has 2 N–H and O–H groups in total. The van der Waals surface area contributed by atoms with Crippen LogP contribution in [0.15, 0.2) is 55.1 Å². The first-order valence-electron chi connectivity index (χ1n) is 20.6. The van der Waals surface area contributed by atoms with E-state index in [1.807, 2.05) is 45.9 Å². The molecule has 0 saturated carbocycles. The van der Waals surface area contributed by atoms with Crippen LogP contribution in [0.3, 0.4) is 0 Å². The Morgan fingerprint density at radius 1 is 0.917 bits per heavy atom. The number of ether oxygens (including phenoxy) is 2. The molecule has 0 atom stereocenters. The third-order valence-electron chi connectivity index (χ3n) is 10.7. The van der Waals surface area contributed by atoms with Crippen LogP contribution in [-0.2, 0) is 15.9 Å². The second-order valence-electron chi connectivity index (χ2n) is 17.8. The van der Waals surface area contributed by atoms with Crippen LogP contribution in [0, 0.1) is 24.7 Å². The summed E-state index contributed by atoms with van der Waals surface area (Å²) in [7, 11) is 0. The van der Waals surface area contributed by atoms with Gasteiger partial charge >= 0.3 is 12.2 Å². The first kappa shape index (κ1) is 42.2. The summed E-state index contributed by atoms with van der Waals surface area (Å²) in [6.45, 7) is 19.7. The fourth-order valence-electron chi connectivity index (χ4n) is 7.65. The molecule has 2 amide bonds. The monoisotopic (exact) mass is 822 g/mol. The number of anilines is 2. The number of aromatic nitrogens is 6. The molecular weight excluding hydrogens is 768 g/mol. The molecule has 15 nitrogen and oxygen atoms in total. The summed E-state index contributed by atoms with van der Waals surface area (Å²) in [4.78, 5) is 55.8. The van der Waals surface area contributed by atoms with Gasteiger partial charge in [0.05, 0.1) is 28.8 Å². The Morgan fingerprint density at radius 2 is 1.63 bits per heavy atom. The number of hydrogen-bond acceptors (Lipinski definition) is 11. The van der Waals surface area contributed by atoms with E-state index in [2.05, 4.69) is 35.6 Å². The largest absolute Gasteiger partial charge is 0.444 e. The van der Waals surface area contributed by atoms with Gasteiger partial charge in [0.1, 0.15) is 11.2 Å². The smallest absolute Gasteiger partial charge is 0.435 e. The van der Waals surface area contributed by atoms with Crippen LogP contribution >= 0.6 is 0 Å². The number of piperidine rings is 1. The number of halogens is 1. The van der Waals surface area contributed by atoms with Gasteiger partial charge in [0.25, 0.3) is 5.91 Å². The summed E-state index contributed by atoms with van der Waals surface area (Å²) >= 11 is 0. The molecule has 4 aromatic heterocycles. The number of rotatable bonds is 10. The molecule has 0 unspecified atom stereocenters. The summed E-state index contributed by atoms with van der Waals surface area (Å²) < 4.78 is 29.5. The molecule has 0 radical (unpaired) electrons. The lowest BCUT2D eigenvalue weighted by atomic mass is 9.94. The molecule has 2 fully saturated rings. The van der Waals surface area contributed by atoms with Crippen molar-refractivity contribution < 1.29 is 28.2 Å².